The normalized spacial score (nSPS) is 16.8. The van der Waals surface area contributed by atoms with Gasteiger partial charge in [0, 0.05) is 11.3 Å². The number of hydrogen-bond donors (Lipinski definition) is 1. The van der Waals surface area contributed by atoms with Gasteiger partial charge in [-0.25, -0.2) is 0 Å². The molecule has 1 amide bonds. The molecule has 0 spiro atoms. The van der Waals surface area contributed by atoms with E-state index < -0.39 is 17.7 Å². The molecular formula is C30H31NO6. The van der Waals surface area contributed by atoms with Crippen molar-refractivity contribution in [1.82, 2.24) is 0 Å². The summed E-state index contributed by atoms with van der Waals surface area (Å²) in [7, 11) is 1.56. The number of carbonyl (C=O) groups is 2. The maximum Gasteiger partial charge on any atom is 0.300 e. The maximum atomic E-state index is 13.4. The SMILES string of the molecule is CCCOc1ccc(C2/C(=C(/O)c3cccc(OC(C)C)c3)C(=O)C(=O)N2c2ccc(OC)cc2)cc1. The quantitative estimate of drug-likeness (QED) is 0.223. The van der Waals surface area contributed by atoms with Crippen LogP contribution in [0, 0.1) is 0 Å². The predicted molar refractivity (Wildman–Crippen MR) is 142 cm³/mol. The molecule has 0 aliphatic carbocycles. The van der Waals surface area contributed by atoms with Gasteiger partial charge >= 0.3 is 0 Å². The average molecular weight is 502 g/mol. The molecule has 1 saturated heterocycles. The van der Waals surface area contributed by atoms with Gasteiger partial charge in [0.2, 0.25) is 0 Å². The second-order valence-electron chi connectivity index (χ2n) is 8.98. The fraction of sp³-hybridized carbons (Fsp3) is 0.267. The standard InChI is InChI=1S/C30H31NO6/c1-5-17-36-24-13-9-20(10-14-24)27-26(28(32)21-7-6-8-25(18-21)37-19(2)3)29(33)30(34)31(27)22-11-15-23(35-4)16-12-22/h6-16,18-19,27,32H,5,17H2,1-4H3/b28-26-. The van der Waals surface area contributed by atoms with Gasteiger partial charge in [-0.1, -0.05) is 31.2 Å². The van der Waals surface area contributed by atoms with Crippen LogP contribution in [0.5, 0.6) is 17.2 Å². The Morgan fingerprint density at radius 2 is 1.62 bits per heavy atom. The third kappa shape index (κ3) is 5.45. The van der Waals surface area contributed by atoms with E-state index in [-0.39, 0.29) is 17.4 Å². The third-order valence-corrected chi connectivity index (χ3v) is 5.94. The molecule has 1 heterocycles. The molecule has 1 aliphatic heterocycles. The average Bonchev–Trinajstić information content (AvgIpc) is 3.17. The number of anilines is 1. The van der Waals surface area contributed by atoms with Crippen LogP contribution in [0.3, 0.4) is 0 Å². The van der Waals surface area contributed by atoms with Crippen LogP contribution < -0.4 is 19.1 Å². The number of ketones is 1. The molecule has 0 saturated carbocycles. The molecule has 37 heavy (non-hydrogen) atoms. The lowest BCUT2D eigenvalue weighted by Gasteiger charge is -2.25. The van der Waals surface area contributed by atoms with Crippen molar-refractivity contribution in [2.75, 3.05) is 18.6 Å². The Labute approximate surface area is 216 Å². The highest BCUT2D eigenvalue weighted by Crippen LogP contribution is 2.43. The summed E-state index contributed by atoms with van der Waals surface area (Å²) >= 11 is 0. The number of nitrogens with zero attached hydrogens (tertiary/aromatic N) is 1. The topological polar surface area (TPSA) is 85.3 Å². The molecule has 0 bridgehead atoms. The van der Waals surface area contributed by atoms with E-state index in [4.69, 9.17) is 14.2 Å². The Morgan fingerprint density at radius 1 is 0.946 bits per heavy atom. The molecule has 4 rings (SSSR count). The molecule has 3 aromatic rings. The zero-order valence-electron chi connectivity index (χ0n) is 21.4. The highest BCUT2D eigenvalue weighted by molar-refractivity contribution is 6.51. The summed E-state index contributed by atoms with van der Waals surface area (Å²) in [4.78, 5) is 28.2. The summed E-state index contributed by atoms with van der Waals surface area (Å²) < 4.78 is 16.7. The van der Waals surface area contributed by atoms with Gasteiger partial charge in [-0.15, -0.1) is 0 Å². The van der Waals surface area contributed by atoms with E-state index in [9.17, 15) is 14.7 Å². The molecule has 0 aromatic heterocycles. The van der Waals surface area contributed by atoms with Gasteiger partial charge in [-0.3, -0.25) is 14.5 Å². The zero-order valence-corrected chi connectivity index (χ0v) is 21.4. The van der Waals surface area contributed by atoms with E-state index in [0.29, 0.717) is 40.7 Å². The Hall–Kier alpha value is -4.26. The Bertz CT molecular complexity index is 1290. The number of aliphatic hydroxyl groups excluding tert-OH is 1. The predicted octanol–water partition coefficient (Wildman–Crippen LogP) is 5.90. The number of methoxy groups -OCH3 is 1. The minimum absolute atomic E-state index is 0.00439. The van der Waals surface area contributed by atoms with Gasteiger partial charge in [0.05, 0.1) is 31.4 Å². The van der Waals surface area contributed by atoms with Crippen LogP contribution in [0.4, 0.5) is 5.69 Å². The number of aliphatic hydroxyl groups is 1. The van der Waals surface area contributed by atoms with E-state index in [1.165, 1.54) is 4.90 Å². The second-order valence-corrected chi connectivity index (χ2v) is 8.98. The lowest BCUT2D eigenvalue weighted by Crippen LogP contribution is -2.29. The van der Waals surface area contributed by atoms with Gasteiger partial charge < -0.3 is 19.3 Å². The Balaban J connectivity index is 1.84. The molecule has 1 N–H and O–H groups in total. The first kappa shape index (κ1) is 25.8. The Morgan fingerprint density at radius 3 is 2.24 bits per heavy atom. The van der Waals surface area contributed by atoms with Crippen LogP contribution in [0.1, 0.15) is 44.4 Å². The zero-order chi connectivity index (χ0) is 26.5. The van der Waals surface area contributed by atoms with Gasteiger partial charge in [-0.2, -0.15) is 0 Å². The van der Waals surface area contributed by atoms with Crippen LogP contribution in [-0.2, 0) is 9.59 Å². The number of hydrogen-bond acceptors (Lipinski definition) is 6. The summed E-state index contributed by atoms with van der Waals surface area (Å²) in [6.45, 7) is 6.41. The van der Waals surface area contributed by atoms with E-state index >= 15 is 0 Å². The van der Waals surface area contributed by atoms with Crippen LogP contribution in [0.25, 0.3) is 5.76 Å². The van der Waals surface area contributed by atoms with Crippen molar-refractivity contribution in [3.8, 4) is 17.2 Å². The number of benzene rings is 3. The molecule has 1 atom stereocenters. The maximum absolute atomic E-state index is 13.4. The summed E-state index contributed by atoms with van der Waals surface area (Å²) in [5.41, 5.74) is 1.56. The molecule has 7 heteroatoms. The molecule has 3 aromatic carbocycles. The monoisotopic (exact) mass is 501 g/mol. The minimum Gasteiger partial charge on any atom is -0.507 e. The van der Waals surface area contributed by atoms with Crippen LogP contribution >= 0.6 is 0 Å². The van der Waals surface area contributed by atoms with Crippen molar-refractivity contribution in [3.63, 3.8) is 0 Å². The van der Waals surface area contributed by atoms with Crippen LogP contribution in [0.15, 0.2) is 78.4 Å². The summed E-state index contributed by atoms with van der Waals surface area (Å²) in [5.74, 6) is 0.108. The van der Waals surface area contributed by atoms with E-state index in [1.807, 2.05) is 32.9 Å². The van der Waals surface area contributed by atoms with Crippen molar-refractivity contribution in [2.45, 2.75) is 39.3 Å². The molecule has 1 fully saturated rings. The van der Waals surface area contributed by atoms with Crippen molar-refractivity contribution in [1.29, 1.82) is 0 Å². The summed E-state index contributed by atoms with van der Waals surface area (Å²) in [5, 5.41) is 11.4. The molecule has 1 aliphatic rings. The summed E-state index contributed by atoms with van der Waals surface area (Å²) in [6.07, 6.45) is 0.811. The van der Waals surface area contributed by atoms with E-state index in [2.05, 4.69) is 0 Å². The first-order valence-corrected chi connectivity index (χ1v) is 12.3. The second kappa shape index (κ2) is 11.2. The highest BCUT2D eigenvalue weighted by Gasteiger charge is 2.47. The van der Waals surface area contributed by atoms with Crippen molar-refractivity contribution in [3.05, 3.63) is 89.5 Å². The smallest absolute Gasteiger partial charge is 0.300 e. The van der Waals surface area contributed by atoms with E-state index in [1.54, 1.807) is 67.8 Å². The fourth-order valence-corrected chi connectivity index (χ4v) is 4.27. The first-order valence-electron chi connectivity index (χ1n) is 12.3. The van der Waals surface area contributed by atoms with Gasteiger partial charge in [0.15, 0.2) is 0 Å². The molecule has 0 radical (unpaired) electrons. The summed E-state index contributed by atoms with van der Waals surface area (Å²) in [6, 6.07) is 20.1. The lowest BCUT2D eigenvalue weighted by atomic mass is 9.95. The molecular weight excluding hydrogens is 470 g/mol. The molecule has 1 unspecified atom stereocenters. The highest BCUT2D eigenvalue weighted by atomic mass is 16.5. The minimum atomic E-state index is -0.844. The van der Waals surface area contributed by atoms with E-state index in [0.717, 1.165) is 6.42 Å². The van der Waals surface area contributed by atoms with Gasteiger partial charge in [-0.05, 0) is 74.4 Å². The number of carbonyl (C=O) groups excluding carboxylic acids is 2. The van der Waals surface area contributed by atoms with Crippen molar-refractivity contribution >= 4 is 23.1 Å². The number of rotatable bonds is 9. The largest absolute Gasteiger partial charge is 0.507 e. The number of ether oxygens (including phenoxy) is 3. The van der Waals surface area contributed by atoms with Crippen molar-refractivity contribution in [2.24, 2.45) is 0 Å². The van der Waals surface area contributed by atoms with Crippen LogP contribution in [-0.4, -0.2) is 36.6 Å². The molecule has 192 valence electrons. The first-order chi connectivity index (χ1) is 17.8. The number of amides is 1. The van der Waals surface area contributed by atoms with Gasteiger partial charge in [0.1, 0.15) is 23.0 Å². The van der Waals surface area contributed by atoms with Crippen LogP contribution in [0.2, 0.25) is 0 Å². The van der Waals surface area contributed by atoms with Gasteiger partial charge in [0.25, 0.3) is 11.7 Å². The Kier molecular flexibility index (Phi) is 7.82. The fourth-order valence-electron chi connectivity index (χ4n) is 4.27. The third-order valence-electron chi connectivity index (χ3n) is 5.94. The molecule has 7 nitrogen and oxygen atoms in total. The van der Waals surface area contributed by atoms with Crippen molar-refractivity contribution < 1.29 is 28.9 Å². The lowest BCUT2D eigenvalue weighted by molar-refractivity contribution is -0.132. The number of Topliss-reactive ketones (excluding diaryl/α,β-unsaturated/α-hetero) is 1.